The highest BCUT2D eigenvalue weighted by molar-refractivity contribution is 6.33. The number of anilines is 2. The van der Waals surface area contributed by atoms with E-state index in [-0.39, 0.29) is 0 Å². The second kappa shape index (κ2) is 7.30. The molecule has 1 aliphatic heterocycles. The Hall–Kier alpha value is -2.32. The predicted octanol–water partition coefficient (Wildman–Crippen LogP) is 3.60. The summed E-state index contributed by atoms with van der Waals surface area (Å²) in [7, 11) is 0. The third kappa shape index (κ3) is 3.91. The standard InChI is InChI=1S/C17H18ClN5/c18-15-8-14(9-19)12-22-17(15)21-11-13-4-5-16(20-10-13)23-6-2-1-3-7-23/h4-5,8,10,12H,1-3,6-7,11H2,(H,21,22). The highest BCUT2D eigenvalue weighted by Gasteiger charge is 2.11. The topological polar surface area (TPSA) is 64.8 Å². The summed E-state index contributed by atoms with van der Waals surface area (Å²) in [5.74, 6) is 1.62. The van der Waals surface area contributed by atoms with Gasteiger partial charge in [0.05, 0.1) is 10.6 Å². The Labute approximate surface area is 140 Å². The van der Waals surface area contributed by atoms with Gasteiger partial charge in [-0.3, -0.25) is 0 Å². The molecule has 23 heavy (non-hydrogen) atoms. The van der Waals surface area contributed by atoms with Crippen LogP contribution in [-0.4, -0.2) is 23.1 Å². The van der Waals surface area contributed by atoms with Crippen LogP contribution in [0.2, 0.25) is 5.02 Å². The molecule has 0 radical (unpaired) electrons. The van der Waals surface area contributed by atoms with E-state index < -0.39 is 0 Å². The number of hydrogen-bond acceptors (Lipinski definition) is 5. The summed E-state index contributed by atoms with van der Waals surface area (Å²) in [5.41, 5.74) is 1.51. The van der Waals surface area contributed by atoms with Crippen molar-refractivity contribution in [2.24, 2.45) is 0 Å². The first-order chi connectivity index (χ1) is 11.3. The molecule has 3 heterocycles. The summed E-state index contributed by atoms with van der Waals surface area (Å²) < 4.78 is 0. The van der Waals surface area contributed by atoms with E-state index in [9.17, 15) is 0 Å². The Morgan fingerprint density at radius 1 is 1.17 bits per heavy atom. The molecule has 1 aliphatic rings. The van der Waals surface area contributed by atoms with Gasteiger partial charge in [-0.05, 0) is 37.0 Å². The SMILES string of the molecule is N#Cc1cnc(NCc2ccc(N3CCCCC3)nc2)c(Cl)c1. The molecule has 0 unspecified atom stereocenters. The van der Waals surface area contributed by atoms with E-state index in [0.717, 1.165) is 24.5 Å². The summed E-state index contributed by atoms with van der Waals surface area (Å²) in [6.45, 7) is 2.77. The first-order valence-corrected chi connectivity index (χ1v) is 8.13. The number of pyridine rings is 2. The molecule has 2 aromatic heterocycles. The van der Waals surface area contributed by atoms with Crippen molar-refractivity contribution in [3.63, 3.8) is 0 Å². The Kier molecular flexibility index (Phi) is 4.94. The van der Waals surface area contributed by atoms with Crippen molar-refractivity contribution in [2.75, 3.05) is 23.3 Å². The summed E-state index contributed by atoms with van der Waals surface area (Å²) >= 11 is 6.10. The Morgan fingerprint density at radius 2 is 2.00 bits per heavy atom. The minimum atomic E-state index is 0.446. The average molecular weight is 328 g/mol. The van der Waals surface area contributed by atoms with Gasteiger partial charge in [0.15, 0.2) is 0 Å². The molecular weight excluding hydrogens is 310 g/mol. The largest absolute Gasteiger partial charge is 0.365 e. The van der Waals surface area contributed by atoms with Crippen molar-refractivity contribution >= 4 is 23.2 Å². The van der Waals surface area contributed by atoms with Crippen LogP contribution in [0.25, 0.3) is 0 Å². The number of aromatic nitrogens is 2. The fourth-order valence-corrected chi connectivity index (χ4v) is 2.88. The summed E-state index contributed by atoms with van der Waals surface area (Å²) in [5, 5.41) is 12.4. The molecule has 1 fully saturated rings. The van der Waals surface area contributed by atoms with Crippen LogP contribution in [0.15, 0.2) is 30.6 Å². The van der Waals surface area contributed by atoms with Gasteiger partial charge in [-0.2, -0.15) is 5.26 Å². The lowest BCUT2D eigenvalue weighted by Crippen LogP contribution is -2.30. The quantitative estimate of drug-likeness (QED) is 0.929. The van der Waals surface area contributed by atoms with Gasteiger partial charge in [-0.1, -0.05) is 17.7 Å². The van der Waals surface area contributed by atoms with Crippen molar-refractivity contribution in [2.45, 2.75) is 25.8 Å². The van der Waals surface area contributed by atoms with Crippen LogP contribution in [0.1, 0.15) is 30.4 Å². The Morgan fingerprint density at radius 3 is 2.65 bits per heavy atom. The van der Waals surface area contributed by atoms with Crippen LogP contribution in [0, 0.1) is 11.3 Å². The third-order valence-corrected chi connectivity index (χ3v) is 4.21. The first kappa shape index (κ1) is 15.6. The van der Waals surface area contributed by atoms with Gasteiger partial charge in [0, 0.05) is 32.0 Å². The molecule has 1 N–H and O–H groups in total. The van der Waals surface area contributed by atoms with Crippen LogP contribution in [0.5, 0.6) is 0 Å². The zero-order valence-electron chi connectivity index (χ0n) is 12.8. The lowest BCUT2D eigenvalue weighted by atomic mass is 10.1. The fraction of sp³-hybridized carbons (Fsp3) is 0.353. The van der Waals surface area contributed by atoms with E-state index in [1.807, 2.05) is 12.3 Å². The minimum Gasteiger partial charge on any atom is -0.365 e. The predicted molar refractivity (Wildman–Crippen MR) is 91.6 cm³/mol. The van der Waals surface area contributed by atoms with Crippen molar-refractivity contribution < 1.29 is 0 Å². The van der Waals surface area contributed by atoms with Crippen molar-refractivity contribution in [3.05, 3.63) is 46.7 Å². The maximum atomic E-state index is 8.81. The molecule has 0 bridgehead atoms. The second-order valence-electron chi connectivity index (χ2n) is 5.59. The van der Waals surface area contributed by atoms with Gasteiger partial charge < -0.3 is 10.2 Å². The molecule has 0 aromatic carbocycles. The normalized spacial score (nSPS) is 14.3. The Bertz CT molecular complexity index is 702. The number of nitriles is 1. The van der Waals surface area contributed by atoms with Gasteiger partial charge >= 0.3 is 0 Å². The fourth-order valence-electron chi connectivity index (χ4n) is 2.65. The number of rotatable bonds is 4. The van der Waals surface area contributed by atoms with Crippen molar-refractivity contribution in [1.29, 1.82) is 5.26 Å². The van der Waals surface area contributed by atoms with E-state index in [4.69, 9.17) is 16.9 Å². The molecule has 0 saturated carbocycles. The molecule has 0 amide bonds. The van der Waals surface area contributed by atoms with Crippen LogP contribution in [0.4, 0.5) is 11.6 Å². The van der Waals surface area contributed by atoms with E-state index in [0.29, 0.717) is 22.9 Å². The minimum absolute atomic E-state index is 0.446. The Balaban J connectivity index is 1.61. The van der Waals surface area contributed by atoms with Gasteiger partial charge in [0.25, 0.3) is 0 Å². The van der Waals surface area contributed by atoms with Gasteiger partial charge in [0.2, 0.25) is 0 Å². The third-order valence-electron chi connectivity index (χ3n) is 3.92. The average Bonchev–Trinajstić information content (AvgIpc) is 2.62. The lowest BCUT2D eigenvalue weighted by molar-refractivity contribution is 0.573. The van der Waals surface area contributed by atoms with E-state index >= 15 is 0 Å². The highest BCUT2D eigenvalue weighted by Crippen LogP contribution is 2.21. The number of halogens is 1. The van der Waals surface area contributed by atoms with Crippen LogP contribution < -0.4 is 10.2 Å². The molecule has 6 heteroatoms. The zero-order chi connectivity index (χ0) is 16.1. The molecule has 0 spiro atoms. The van der Waals surface area contributed by atoms with E-state index in [2.05, 4.69) is 32.3 Å². The molecular formula is C17H18ClN5. The molecule has 2 aromatic rings. The monoisotopic (exact) mass is 327 g/mol. The van der Waals surface area contributed by atoms with Crippen molar-refractivity contribution in [1.82, 2.24) is 9.97 Å². The maximum absolute atomic E-state index is 8.81. The van der Waals surface area contributed by atoms with Gasteiger partial charge in [0.1, 0.15) is 17.7 Å². The molecule has 118 valence electrons. The molecule has 3 rings (SSSR count). The van der Waals surface area contributed by atoms with E-state index in [1.165, 1.54) is 25.5 Å². The van der Waals surface area contributed by atoms with Gasteiger partial charge in [-0.25, -0.2) is 9.97 Å². The van der Waals surface area contributed by atoms with Crippen molar-refractivity contribution in [3.8, 4) is 6.07 Å². The van der Waals surface area contributed by atoms with Crippen LogP contribution in [-0.2, 0) is 6.54 Å². The maximum Gasteiger partial charge on any atom is 0.145 e. The summed E-state index contributed by atoms with van der Waals surface area (Å²) in [6, 6.07) is 7.76. The van der Waals surface area contributed by atoms with Crippen LogP contribution >= 0.6 is 11.6 Å². The number of nitrogens with zero attached hydrogens (tertiary/aromatic N) is 4. The smallest absolute Gasteiger partial charge is 0.145 e. The van der Waals surface area contributed by atoms with Crippen LogP contribution in [0.3, 0.4) is 0 Å². The summed E-state index contributed by atoms with van der Waals surface area (Å²) in [6.07, 6.45) is 7.19. The molecule has 5 nitrogen and oxygen atoms in total. The molecule has 1 saturated heterocycles. The number of hydrogen-bond donors (Lipinski definition) is 1. The summed E-state index contributed by atoms with van der Waals surface area (Å²) in [4.78, 5) is 11.0. The first-order valence-electron chi connectivity index (χ1n) is 7.75. The highest BCUT2D eigenvalue weighted by atomic mass is 35.5. The number of nitrogens with one attached hydrogen (secondary N) is 1. The lowest BCUT2D eigenvalue weighted by Gasteiger charge is -2.27. The molecule has 0 atom stereocenters. The zero-order valence-corrected chi connectivity index (χ0v) is 13.6. The van der Waals surface area contributed by atoms with E-state index in [1.54, 1.807) is 6.07 Å². The number of piperidine rings is 1. The second-order valence-corrected chi connectivity index (χ2v) is 6.00. The molecule has 0 aliphatic carbocycles. The van der Waals surface area contributed by atoms with Gasteiger partial charge in [-0.15, -0.1) is 0 Å².